The molecule has 1 aliphatic heterocycles. The van der Waals surface area contributed by atoms with Crippen LogP contribution in [0.3, 0.4) is 0 Å². The number of rotatable bonds is 9. The van der Waals surface area contributed by atoms with Crippen molar-refractivity contribution in [3.05, 3.63) is 101 Å². The first kappa shape index (κ1) is 26.5. The fraction of sp³-hybridized carbons (Fsp3) is 0.167. The number of aromatic nitrogens is 1. The van der Waals surface area contributed by atoms with Crippen LogP contribution in [0.15, 0.2) is 85.0 Å². The lowest BCUT2D eigenvalue weighted by Crippen LogP contribution is -2.29. The number of halogens is 1. The van der Waals surface area contributed by atoms with Gasteiger partial charge >= 0.3 is 5.91 Å². The molecule has 1 unspecified atom stereocenters. The average molecular weight is 561 g/mol. The molecule has 0 aliphatic carbocycles. The Kier molecular flexibility index (Phi) is 7.67. The Balaban J connectivity index is 1.65. The Bertz CT molecular complexity index is 1590. The van der Waals surface area contributed by atoms with E-state index in [2.05, 4.69) is 11.6 Å². The third-order valence-corrected chi connectivity index (χ3v) is 7.38. The fourth-order valence-corrected chi connectivity index (χ4v) is 5.62. The van der Waals surface area contributed by atoms with E-state index in [1.807, 2.05) is 6.92 Å². The lowest BCUT2D eigenvalue weighted by molar-refractivity contribution is -0.132. The van der Waals surface area contributed by atoms with E-state index in [4.69, 9.17) is 21.1 Å². The molecule has 1 atom stereocenters. The van der Waals surface area contributed by atoms with Gasteiger partial charge in [0.1, 0.15) is 23.9 Å². The number of benzene rings is 3. The van der Waals surface area contributed by atoms with Gasteiger partial charge in [-0.15, -0.1) is 0 Å². The second-order valence-corrected chi connectivity index (χ2v) is 10.3. The molecule has 9 heteroatoms. The van der Waals surface area contributed by atoms with Crippen LogP contribution in [-0.2, 0) is 9.59 Å². The molecule has 4 aromatic rings. The molecule has 1 aliphatic rings. The van der Waals surface area contributed by atoms with Crippen LogP contribution in [0.25, 0.3) is 16.0 Å². The van der Waals surface area contributed by atoms with E-state index in [1.54, 1.807) is 72.8 Å². The van der Waals surface area contributed by atoms with E-state index in [0.717, 1.165) is 11.1 Å². The average Bonchev–Trinajstić information content (AvgIpc) is 3.48. The highest BCUT2D eigenvalue weighted by molar-refractivity contribution is 7.22. The van der Waals surface area contributed by atoms with Crippen molar-refractivity contribution in [1.29, 1.82) is 0 Å². The normalized spacial score (nSPS) is 16.6. The van der Waals surface area contributed by atoms with Crippen LogP contribution in [-0.4, -0.2) is 35.0 Å². The van der Waals surface area contributed by atoms with Gasteiger partial charge in [0, 0.05) is 10.6 Å². The van der Waals surface area contributed by atoms with Crippen molar-refractivity contribution >= 4 is 55.7 Å². The molecule has 1 fully saturated rings. The highest BCUT2D eigenvalue weighted by Gasteiger charge is 2.48. The predicted octanol–water partition coefficient (Wildman–Crippen LogP) is 6.93. The Hall–Kier alpha value is -4.14. The van der Waals surface area contributed by atoms with Crippen molar-refractivity contribution in [2.75, 3.05) is 18.1 Å². The molecule has 1 amide bonds. The number of fused-ring (bicyclic) bond motifs is 1. The number of anilines is 1. The van der Waals surface area contributed by atoms with E-state index < -0.39 is 17.7 Å². The highest BCUT2D eigenvalue weighted by Crippen LogP contribution is 2.45. The smallest absolute Gasteiger partial charge is 0.301 e. The quantitative estimate of drug-likeness (QED) is 0.103. The lowest BCUT2D eigenvalue weighted by Gasteiger charge is -2.23. The Morgan fingerprint density at radius 1 is 1.10 bits per heavy atom. The first-order chi connectivity index (χ1) is 18.9. The fourth-order valence-electron chi connectivity index (χ4n) is 4.35. The topological polar surface area (TPSA) is 89.0 Å². The number of hydrogen-bond acceptors (Lipinski definition) is 7. The summed E-state index contributed by atoms with van der Waals surface area (Å²) in [5.41, 5.74) is 1.57. The molecule has 39 heavy (non-hydrogen) atoms. The van der Waals surface area contributed by atoms with Crippen LogP contribution < -0.4 is 14.4 Å². The summed E-state index contributed by atoms with van der Waals surface area (Å²) in [6.07, 6.45) is 2.48. The van der Waals surface area contributed by atoms with Crippen molar-refractivity contribution in [2.45, 2.75) is 19.4 Å². The molecule has 1 N–H and O–H groups in total. The minimum atomic E-state index is -0.940. The van der Waals surface area contributed by atoms with Gasteiger partial charge in [0.25, 0.3) is 5.78 Å². The number of carbonyl (C=O) groups is 2. The Morgan fingerprint density at radius 3 is 2.64 bits per heavy atom. The van der Waals surface area contributed by atoms with Gasteiger partial charge < -0.3 is 14.6 Å². The van der Waals surface area contributed by atoms with Crippen molar-refractivity contribution in [2.24, 2.45) is 0 Å². The Morgan fingerprint density at radius 2 is 1.90 bits per heavy atom. The summed E-state index contributed by atoms with van der Waals surface area (Å²) in [5, 5.41) is 12.3. The van der Waals surface area contributed by atoms with E-state index >= 15 is 0 Å². The third-order valence-electron chi connectivity index (χ3n) is 6.13. The van der Waals surface area contributed by atoms with E-state index in [0.29, 0.717) is 44.9 Å². The van der Waals surface area contributed by atoms with Crippen LogP contribution in [0.4, 0.5) is 5.13 Å². The van der Waals surface area contributed by atoms with Crippen LogP contribution in [0.1, 0.15) is 30.5 Å². The van der Waals surface area contributed by atoms with Crippen molar-refractivity contribution in [3.63, 3.8) is 0 Å². The number of carbonyl (C=O) groups excluding carboxylic acids is 2. The number of thiazole rings is 1. The number of hydrogen-bond donors (Lipinski definition) is 1. The van der Waals surface area contributed by atoms with Crippen LogP contribution in [0, 0.1) is 0 Å². The molecule has 1 aromatic heterocycles. The zero-order valence-corrected chi connectivity index (χ0v) is 22.7. The van der Waals surface area contributed by atoms with Crippen molar-refractivity contribution in [1.82, 2.24) is 4.98 Å². The number of amides is 1. The molecule has 2 heterocycles. The van der Waals surface area contributed by atoms with Crippen LogP contribution in [0.5, 0.6) is 11.5 Å². The van der Waals surface area contributed by atoms with Gasteiger partial charge in [-0.05, 0) is 66.6 Å². The Labute approximate surface area is 234 Å². The van der Waals surface area contributed by atoms with Crippen molar-refractivity contribution in [3.8, 4) is 11.5 Å². The van der Waals surface area contributed by atoms with Gasteiger partial charge in [-0.1, -0.05) is 54.6 Å². The number of aliphatic hydroxyl groups excluding tert-OH is 1. The summed E-state index contributed by atoms with van der Waals surface area (Å²) in [6.45, 7) is 6.54. The molecule has 1 saturated heterocycles. The molecule has 0 spiro atoms. The molecular weight excluding hydrogens is 536 g/mol. The second kappa shape index (κ2) is 11.3. The first-order valence-corrected chi connectivity index (χ1v) is 13.5. The summed E-state index contributed by atoms with van der Waals surface area (Å²) in [7, 11) is 0. The van der Waals surface area contributed by atoms with Crippen LogP contribution in [0.2, 0.25) is 5.02 Å². The number of Topliss-reactive ketones (excluding diaryl/α,β-unsaturated/α-hetero) is 1. The molecule has 198 valence electrons. The van der Waals surface area contributed by atoms with E-state index in [9.17, 15) is 14.7 Å². The monoisotopic (exact) mass is 560 g/mol. The maximum Gasteiger partial charge on any atom is 0.301 e. The minimum Gasteiger partial charge on any atom is -0.507 e. The largest absolute Gasteiger partial charge is 0.507 e. The highest BCUT2D eigenvalue weighted by atomic mass is 35.5. The SMILES string of the molecule is C=CCOc1cccc(C2C(=C(O)c3ccc(OCCC)cc3)C(=O)C(=O)N2c2nc3ccc(Cl)cc3s2)c1. The summed E-state index contributed by atoms with van der Waals surface area (Å²) in [4.78, 5) is 33.0. The van der Waals surface area contributed by atoms with E-state index in [1.165, 1.54) is 16.2 Å². The van der Waals surface area contributed by atoms with Crippen molar-refractivity contribution < 1.29 is 24.2 Å². The molecule has 0 radical (unpaired) electrons. The lowest BCUT2D eigenvalue weighted by atomic mass is 9.95. The number of aliphatic hydroxyl groups is 1. The van der Waals surface area contributed by atoms with Crippen LogP contribution >= 0.6 is 22.9 Å². The van der Waals surface area contributed by atoms with Gasteiger partial charge in [-0.25, -0.2) is 4.98 Å². The third kappa shape index (κ3) is 5.26. The molecule has 0 saturated carbocycles. The molecular formula is C30H25ClN2O5S. The predicted molar refractivity (Wildman–Crippen MR) is 154 cm³/mol. The summed E-state index contributed by atoms with van der Waals surface area (Å²) in [5.74, 6) is -0.702. The first-order valence-electron chi connectivity index (χ1n) is 12.3. The molecule has 0 bridgehead atoms. The number of ketones is 1. The van der Waals surface area contributed by atoms with Gasteiger partial charge in [-0.2, -0.15) is 0 Å². The van der Waals surface area contributed by atoms with Gasteiger partial charge in [0.15, 0.2) is 5.13 Å². The molecule has 3 aromatic carbocycles. The summed E-state index contributed by atoms with van der Waals surface area (Å²) >= 11 is 7.41. The van der Waals surface area contributed by atoms with Gasteiger partial charge in [0.2, 0.25) is 0 Å². The maximum atomic E-state index is 13.5. The summed E-state index contributed by atoms with van der Waals surface area (Å²) in [6, 6.07) is 18.1. The zero-order chi connectivity index (χ0) is 27.5. The maximum absolute atomic E-state index is 13.5. The number of ether oxygens (including phenoxy) is 2. The standard InChI is InChI=1S/C30H25ClN2O5S/c1-3-14-37-21-11-8-18(9-12-21)27(34)25-26(19-6-5-7-22(16-19)38-15-4-2)33(29(36)28(25)35)30-32-23-13-10-20(31)17-24(23)39-30/h4-13,16-17,26,34H,2-3,14-15H2,1H3. The molecule has 7 nitrogen and oxygen atoms in total. The second-order valence-electron chi connectivity index (χ2n) is 8.82. The summed E-state index contributed by atoms with van der Waals surface area (Å²) < 4.78 is 12.1. The minimum absolute atomic E-state index is 0.0413. The van der Waals surface area contributed by atoms with E-state index in [-0.39, 0.29) is 17.9 Å². The molecule has 5 rings (SSSR count). The van der Waals surface area contributed by atoms with Gasteiger partial charge in [0.05, 0.1) is 28.4 Å². The van der Waals surface area contributed by atoms with Gasteiger partial charge in [-0.3, -0.25) is 14.5 Å². The zero-order valence-electron chi connectivity index (χ0n) is 21.1. The number of nitrogens with zero attached hydrogens (tertiary/aromatic N) is 2.